The first-order valence-electron chi connectivity index (χ1n) is 12.4. The molecule has 0 aliphatic heterocycles. The molecule has 5 nitrogen and oxygen atoms in total. The molecular weight excluding hydrogens is 571 g/mol. The second-order valence-corrected chi connectivity index (χ2v) is 10.2. The predicted molar refractivity (Wildman–Crippen MR) is 151 cm³/mol. The van der Waals surface area contributed by atoms with Crippen LogP contribution in [0.2, 0.25) is 0 Å². The van der Waals surface area contributed by atoms with Crippen LogP contribution in [-0.2, 0) is 6.18 Å². The van der Waals surface area contributed by atoms with Gasteiger partial charge in [0.05, 0.1) is 35.3 Å². The third-order valence-electron chi connectivity index (χ3n) is 6.28. The van der Waals surface area contributed by atoms with E-state index in [0.29, 0.717) is 34.8 Å². The van der Waals surface area contributed by atoms with Crippen molar-refractivity contribution in [1.29, 1.82) is 0 Å². The van der Waals surface area contributed by atoms with Crippen LogP contribution in [0.25, 0.3) is 28.2 Å². The summed E-state index contributed by atoms with van der Waals surface area (Å²) in [5, 5.41) is 2.90. The first kappa shape index (κ1) is 28.4. The van der Waals surface area contributed by atoms with Crippen molar-refractivity contribution < 1.29 is 22.7 Å². The van der Waals surface area contributed by atoms with Gasteiger partial charge < -0.3 is 19.5 Å². The Labute approximate surface area is 234 Å². The van der Waals surface area contributed by atoms with Crippen molar-refractivity contribution in [3.63, 3.8) is 0 Å². The van der Waals surface area contributed by atoms with Gasteiger partial charge in [0.25, 0.3) is 5.91 Å². The number of hydrogen-bond donors (Lipinski definition) is 1. The highest BCUT2D eigenvalue weighted by Gasteiger charge is 2.34. The highest BCUT2D eigenvalue weighted by molar-refractivity contribution is 9.10. The van der Waals surface area contributed by atoms with E-state index in [1.807, 2.05) is 43.3 Å². The minimum atomic E-state index is -4.55. The smallest absolute Gasteiger partial charge is 0.418 e. The number of methoxy groups -OCH3 is 1. The lowest BCUT2D eigenvalue weighted by atomic mass is 10.1. The molecule has 0 unspecified atom stereocenters. The van der Waals surface area contributed by atoms with Gasteiger partial charge in [-0.1, -0.05) is 46.3 Å². The second-order valence-electron chi connectivity index (χ2n) is 9.29. The quantitative estimate of drug-likeness (QED) is 0.206. The van der Waals surface area contributed by atoms with Crippen LogP contribution in [0.5, 0.6) is 5.75 Å². The molecule has 4 rings (SSSR count). The molecule has 0 bridgehead atoms. The molecule has 204 valence electrons. The number of nitrogens with zero attached hydrogens (tertiary/aromatic N) is 2. The Balaban J connectivity index is 1.81. The number of rotatable bonds is 9. The van der Waals surface area contributed by atoms with Crippen LogP contribution in [-0.4, -0.2) is 49.7 Å². The minimum absolute atomic E-state index is 0.00426. The summed E-state index contributed by atoms with van der Waals surface area (Å²) in [7, 11) is 5.40. The summed E-state index contributed by atoms with van der Waals surface area (Å²) in [6.45, 7) is 1.35. The highest BCUT2D eigenvalue weighted by atomic mass is 79.9. The summed E-state index contributed by atoms with van der Waals surface area (Å²) in [6.07, 6.45) is -3.76. The number of hydrogen-bond acceptors (Lipinski definition) is 3. The van der Waals surface area contributed by atoms with Crippen LogP contribution in [0.3, 0.4) is 0 Å². The number of aromatic nitrogens is 1. The summed E-state index contributed by atoms with van der Waals surface area (Å²) in [5.74, 6) is 0.0603. The Hall–Kier alpha value is -3.56. The van der Waals surface area contributed by atoms with Crippen LogP contribution in [0.1, 0.15) is 22.3 Å². The average molecular weight is 600 g/mol. The van der Waals surface area contributed by atoms with E-state index in [1.165, 1.54) is 19.2 Å². The second kappa shape index (κ2) is 12.1. The molecule has 39 heavy (non-hydrogen) atoms. The topological polar surface area (TPSA) is 46.5 Å². The number of halogens is 4. The standard InChI is InChI=1S/C30H29BrF3N3O2/c1-36(2)18-6-17-35-29(38)23-14-11-21(19-28(23)39-3)26-16-15-25(20-9-12-22(31)13-10-20)37(26)27-8-5-4-7-24(27)30(32,33)34/h4-5,7-16,19H,6,17-18H2,1-3H3,(H,35,38). The monoisotopic (exact) mass is 599 g/mol. The van der Waals surface area contributed by atoms with Crippen molar-refractivity contribution in [2.75, 3.05) is 34.3 Å². The molecule has 0 saturated carbocycles. The van der Waals surface area contributed by atoms with Crippen LogP contribution in [0, 0.1) is 0 Å². The van der Waals surface area contributed by atoms with Crippen molar-refractivity contribution in [3.8, 4) is 34.0 Å². The van der Waals surface area contributed by atoms with E-state index in [0.717, 1.165) is 29.1 Å². The molecule has 1 amide bonds. The van der Waals surface area contributed by atoms with E-state index in [9.17, 15) is 18.0 Å². The van der Waals surface area contributed by atoms with Gasteiger partial charge in [-0.05, 0) is 81.2 Å². The number of amides is 1. The largest absolute Gasteiger partial charge is 0.496 e. The van der Waals surface area contributed by atoms with Gasteiger partial charge >= 0.3 is 6.18 Å². The Morgan fingerprint density at radius 1 is 0.949 bits per heavy atom. The Morgan fingerprint density at radius 2 is 1.59 bits per heavy atom. The normalized spacial score (nSPS) is 11.6. The zero-order valence-electron chi connectivity index (χ0n) is 21.8. The zero-order chi connectivity index (χ0) is 28.2. The maximum atomic E-state index is 14.1. The molecule has 0 saturated heterocycles. The van der Waals surface area contributed by atoms with E-state index >= 15 is 0 Å². The molecule has 0 aliphatic rings. The Bertz CT molecular complexity index is 1450. The molecule has 9 heteroatoms. The fourth-order valence-corrected chi connectivity index (χ4v) is 4.67. The van der Waals surface area contributed by atoms with Gasteiger partial charge in [-0.2, -0.15) is 13.2 Å². The molecule has 0 spiro atoms. The predicted octanol–water partition coefficient (Wildman–Crippen LogP) is 7.28. The van der Waals surface area contributed by atoms with Crippen molar-refractivity contribution in [1.82, 2.24) is 14.8 Å². The number of nitrogens with one attached hydrogen (secondary N) is 1. The lowest BCUT2D eigenvalue weighted by Gasteiger charge is -2.20. The van der Waals surface area contributed by atoms with Crippen LogP contribution >= 0.6 is 15.9 Å². The van der Waals surface area contributed by atoms with Gasteiger partial charge in [0.15, 0.2) is 0 Å². The number of ether oxygens (including phenoxy) is 1. The third-order valence-corrected chi connectivity index (χ3v) is 6.81. The number of alkyl halides is 3. The zero-order valence-corrected chi connectivity index (χ0v) is 23.4. The van der Waals surface area contributed by atoms with E-state index in [2.05, 4.69) is 21.2 Å². The maximum absolute atomic E-state index is 14.1. The first-order valence-corrected chi connectivity index (χ1v) is 13.1. The molecule has 3 aromatic carbocycles. The Kier molecular flexibility index (Phi) is 8.82. The van der Waals surface area contributed by atoms with Gasteiger partial charge in [-0.15, -0.1) is 0 Å². The molecular formula is C30H29BrF3N3O2. The molecule has 1 aromatic heterocycles. The molecule has 0 radical (unpaired) electrons. The van der Waals surface area contributed by atoms with E-state index in [4.69, 9.17) is 4.74 Å². The fraction of sp³-hybridized carbons (Fsp3) is 0.233. The molecule has 0 fully saturated rings. The van der Waals surface area contributed by atoms with Crippen molar-refractivity contribution in [2.24, 2.45) is 0 Å². The summed E-state index contributed by atoms with van der Waals surface area (Å²) in [5.41, 5.74) is 2.09. The molecule has 1 heterocycles. The SMILES string of the molecule is COc1cc(-c2ccc(-c3ccc(Br)cc3)n2-c2ccccc2C(F)(F)F)ccc1C(=O)NCCCN(C)C. The van der Waals surface area contributed by atoms with E-state index in [1.54, 1.807) is 41.0 Å². The maximum Gasteiger partial charge on any atom is 0.418 e. The molecule has 4 aromatic rings. The summed E-state index contributed by atoms with van der Waals surface area (Å²) < 4.78 is 50.3. The van der Waals surface area contributed by atoms with Crippen molar-refractivity contribution in [3.05, 3.63) is 94.5 Å². The van der Waals surface area contributed by atoms with Crippen LogP contribution < -0.4 is 10.1 Å². The van der Waals surface area contributed by atoms with Gasteiger partial charge in [0, 0.05) is 16.6 Å². The molecule has 0 atom stereocenters. The number of benzene rings is 3. The van der Waals surface area contributed by atoms with E-state index < -0.39 is 11.7 Å². The number of para-hydroxylation sites is 1. The number of carbonyl (C=O) groups excluding carboxylic acids is 1. The van der Waals surface area contributed by atoms with Gasteiger partial charge in [0.2, 0.25) is 0 Å². The minimum Gasteiger partial charge on any atom is -0.496 e. The Morgan fingerprint density at radius 3 is 2.23 bits per heavy atom. The number of carbonyl (C=O) groups is 1. The lowest BCUT2D eigenvalue weighted by Crippen LogP contribution is -2.27. The summed E-state index contributed by atoms with van der Waals surface area (Å²) in [4.78, 5) is 14.9. The van der Waals surface area contributed by atoms with Crippen LogP contribution in [0.4, 0.5) is 13.2 Å². The summed E-state index contributed by atoms with van der Waals surface area (Å²) in [6, 6.07) is 21.5. The van der Waals surface area contributed by atoms with Gasteiger partial charge in [0.1, 0.15) is 5.75 Å². The average Bonchev–Trinajstić information content (AvgIpc) is 3.35. The lowest BCUT2D eigenvalue weighted by molar-refractivity contribution is -0.137. The third kappa shape index (κ3) is 6.54. The van der Waals surface area contributed by atoms with Crippen LogP contribution in [0.15, 0.2) is 83.3 Å². The summed E-state index contributed by atoms with van der Waals surface area (Å²) >= 11 is 3.42. The van der Waals surface area contributed by atoms with Gasteiger partial charge in [-0.25, -0.2) is 0 Å². The van der Waals surface area contributed by atoms with Gasteiger partial charge in [-0.3, -0.25) is 4.79 Å². The highest BCUT2D eigenvalue weighted by Crippen LogP contribution is 2.40. The van der Waals surface area contributed by atoms with Crippen molar-refractivity contribution in [2.45, 2.75) is 12.6 Å². The molecule has 0 aliphatic carbocycles. The molecule has 1 N–H and O–H groups in total. The fourth-order valence-electron chi connectivity index (χ4n) is 4.41. The van der Waals surface area contributed by atoms with Crippen molar-refractivity contribution >= 4 is 21.8 Å². The first-order chi connectivity index (χ1) is 18.6. The van der Waals surface area contributed by atoms with E-state index in [-0.39, 0.29) is 11.6 Å².